The van der Waals surface area contributed by atoms with Gasteiger partial charge in [0.15, 0.2) is 0 Å². The number of rotatable bonds is 6. The second kappa shape index (κ2) is 11.4. The Kier molecular flexibility index (Phi) is 10.3. The van der Waals surface area contributed by atoms with E-state index in [0.29, 0.717) is 12.0 Å². The number of nitrogens with two attached hydrogens (primary N) is 1. The summed E-state index contributed by atoms with van der Waals surface area (Å²) in [5.41, 5.74) is 5.37. The smallest absolute Gasteiger partial charge is 0.459 e. The molecule has 0 saturated carbocycles. The zero-order chi connectivity index (χ0) is 24.5. The third-order valence-electron chi connectivity index (χ3n) is 3.22. The average Bonchev–Trinajstić information content (AvgIpc) is 2.57. The van der Waals surface area contributed by atoms with Crippen LogP contribution in [0.1, 0.15) is 31.9 Å². The summed E-state index contributed by atoms with van der Waals surface area (Å²) in [6, 6.07) is 6.59. The van der Waals surface area contributed by atoms with Crippen LogP contribution in [0.5, 0.6) is 0 Å². The molecular formula is C18H22F6N2O5. The van der Waals surface area contributed by atoms with E-state index in [4.69, 9.17) is 10.5 Å². The Labute approximate surface area is 173 Å². The maximum absolute atomic E-state index is 12.1. The minimum Gasteiger partial charge on any atom is -0.459 e. The number of hydrogen-bond donors (Lipinski definition) is 2. The average molecular weight is 460 g/mol. The van der Waals surface area contributed by atoms with Crippen LogP contribution < -0.4 is 11.1 Å². The summed E-state index contributed by atoms with van der Waals surface area (Å²) in [4.78, 5) is 31.3. The van der Waals surface area contributed by atoms with Crippen molar-refractivity contribution < 1.29 is 50.2 Å². The van der Waals surface area contributed by atoms with Gasteiger partial charge < -0.3 is 20.5 Å². The number of halogens is 6. The van der Waals surface area contributed by atoms with E-state index in [2.05, 4.69) is 4.74 Å². The van der Waals surface area contributed by atoms with E-state index in [-0.39, 0.29) is 13.2 Å². The Morgan fingerprint density at radius 1 is 1.00 bits per heavy atom. The van der Waals surface area contributed by atoms with Crippen LogP contribution in [0, 0.1) is 0 Å². The topological polar surface area (TPSA) is 108 Å². The minimum absolute atomic E-state index is 0.247. The number of benzene rings is 1. The second-order valence-corrected chi connectivity index (χ2v) is 6.58. The molecule has 2 amide bonds. The molecule has 0 aliphatic heterocycles. The van der Waals surface area contributed by atoms with Crippen molar-refractivity contribution in [3.63, 3.8) is 0 Å². The Bertz CT molecular complexity index is 763. The quantitative estimate of drug-likeness (QED) is 0.500. The predicted octanol–water partition coefficient (Wildman–Crippen LogP) is 3.39. The van der Waals surface area contributed by atoms with Crippen molar-refractivity contribution in [1.29, 1.82) is 0 Å². The summed E-state index contributed by atoms with van der Waals surface area (Å²) in [7, 11) is 0. The molecule has 1 aromatic carbocycles. The third kappa shape index (κ3) is 12.3. The Morgan fingerprint density at radius 3 is 1.97 bits per heavy atom. The van der Waals surface area contributed by atoms with Gasteiger partial charge in [0.1, 0.15) is 5.60 Å². The van der Waals surface area contributed by atoms with Gasteiger partial charge in [0.05, 0.1) is 6.61 Å². The van der Waals surface area contributed by atoms with Crippen LogP contribution in [0.25, 0.3) is 0 Å². The van der Waals surface area contributed by atoms with Gasteiger partial charge in [-0.1, -0.05) is 24.3 Å². The normalized spacial score (nSPS) is 11.6. The van der Waals surface area contributed by atoms with Crippen molar-refractivity contribution in [3.8, 4) is 0 Å². The van der Waals surface area contributed by atoms with Gasteiger partial charge >= 0.3 is 30.3 Å². The molecule has 31 heavy (non-hydrogen) atoms. The van der Waals surface area contributed by atoms with Crippen LogP contribution in [0.15, 0.2) is 24.3 Å². The molecule has 0 spiro atoms. The molecule has 0 aromatic heterocycles. The first-order chi connectivity index (χ1) is 14.0. The molecule has 0 fully saturated rings. The van der Waals surface area contributed by atoms with Gasteiger partial charge in [0, 0.05) is 13.0 Å². The fraction of sp³-hybridized carbons (Fsp3) is 0.500. The number of hydrogen-bond acceptors (Lipinski definition) is 5. The van der Waals surface area contributed by atoms with Crippen LogP contribution in [-0.2, 0) is 32.0 Å². The Hall–Kier alpha value is -2.99. The van der Waals surface area contributed by atoms with Crippen molar-refractivity contribution in [1.82, 2.24) is 5.32 Å². The number of carbonyl (C=O) groups excluding carboxylic acids is 3. The fourth-order valence-electron chi connectivity index (χ4n) is 2.15. The van der Waals surface area contributed by atoms with E-state index >= 15 is 0 Å². The number of esters is 1. The maximum Gasteiger partial charge on any atom is 0.490 e. The molecule has 13 heteroatoms. The van der Waals surface area contributed by atoms with Gasteiger partial charge in [0.25, 0.3) is 0 Å². The maximum atomic E-state index is 12.1. The molecular weight excluding hydrogens is 438 g/mol. The zero-order valence-corrected chi connectivity index (χ0v) is 16.8. The molecule has 0 aliphatic carbocycles. The van der Waals surface area contributed by atoms with Gasteiger partial charge in [0.2, 0.25) is 0 Å². The van der Waals surface area contributed by atoms with Crippen LogP contribution in [0.3, 0.4) is 0 Å². The summed E-state index contributed by atoms with van der Waals surface area (Å²) in [6.45, 7) is 4.14. The summed E-state index contributed by atoms with van der Waals surface area (Å²) in [5, 5.41) is 1.79. The van der Waals surface area contributed by atoms with E-state index in [9.17, 15) is 40.7 Å². The van der Waals surface area contributed by atoms with Crippen LogP contribution in [-0.4, -0.2) is 42.5 Å². The van der Waals surface area contributed by atoms with Crippen LogP contribution in [0.4, 0.5) is 31.1 Å². The molecule has 176 valence electrons. The van der Waals surface area contributed by atoms with E-state index < -0.39 is 35.9 Å². The lowest BCUT2D eigenvalue weighted by Gasteiger charge is -2.24. The first-order valence-corrected chi connectivity index (χ1v) is 8.63. The number of ether oxygens (including phenoxy) is 2. The molecule has 3 N–H and O–H groups in total. The highest BCUT2D eigenvalue weighted by atomic mass is 19.4. The minimum atomic E-state index is -4.91. The standard InChI is InChI=1S/C14H17F3N2O3.C4H5F3O2/c1-13(2,22-12(18)21)7-9-4-3-5-10(6-9)8-19-11(20)14(15,16)17;1-2-9-3(8)4(5,6)7/h3-6H,7-8H2,1-2H3,(H2,18,21)(H,19,20);2H2,1H3. The first-order valence-electron chi connectivity index (χ1n) is 8.63. The summed E-state index contributed by atoms with van der Waals surface area (Å²) in [6.07, 6.45) is -10.3. The fourth-order valence-corrected chi connectivity index (χ4v) is 2.15. The summed E-state index contributed by atoms with van der Waals surface area (Å²) < 4.78 is 78.4. The van der Waals surface area contributed by atoms with Crippen molar-refractivity contribution in [3.05, 3.63) is 35.4 Å². The van der Waals surface area contributed by atoms with E-state index in [1.807, 2.05) is 0 Å². The lowest BCUT2D eigenvalue weighted by atomic mass is 9.97. The van der Waals surface area contributed by atoms with Gasteiger partial charge in [-0.2, -0.15) is 26.3 Å². The SMILES string of the molecule is CC(C)(Cc1cccc(CNC(=O)C(F)(F)F)c1)OC(N)=O.CCOC(=O)C(F)(F)F. The third-order valence-corrected chi connectivity index (χ3v) is 3.22. The molecule has 0 atom stereocenters. The largest absolute Gasteiger partial charge is 0.490 e. The molecule has 0 heterocycles. The molecule has 7 nitrogen and oxygen atoms in total. The Balaban J connectivity index is 0.000000842. The second-order valence-electron chi connectivity index (χ2n) is 6.58. The van der Waals surface area contributed by atoms with Crippen molar-refractivity contribution in [2.45, 2.75) is 51.7 Å². The van der Waals surface area contributed by atoms with E-state index in [1.54, 1.807) is 43.4 Å². The molecule has 1 rings (SSSR count). The summed E-state index contributed by atoms with van der Waals surface area (Å²) in [5.74, 6) is -4.12. The number of primary amides is 1. The molecule has 1 aromatic rings. The summed E-state index contributed by atoms with van der Waals surface area (Å²) >= 11 is 0. The lowest BCUT2D eigenvalue weighted by Crippen LogP contribution is -2.36. The lowest BCUT2D eigenvalue weighted by molar-refractivity contribution is -0.199. The van der Waals surface area contributed by atoms with Gasteiger partial charge in [-0.25, -0.2) is 9.59 Å². The first kappa shape index (κ1) is 28.0. The number of nitrogens with one attached hydrogen (secondary N) is 1. The number of alkyl halides is 6. The van der Waals surface area contributed by atoms with Gasteiger partial charge in [-0.15, -0.1) is 0 Å². The highest BCUT2D eigenvalue weighted by molar-refractivity contribution is 5.81. The van der Waals surface area contributed by atoms with Gasteiger partial charge in [-0.05, 0) is 31.9 Å². The van der Waals surface area contributed by atoms with Gasteiger partial charge in [-0.3, -0.25) is 4.79 Å². The predicted molar refractivity (Wildman–Crippen MR) is 95.5 cm³/mol. The van der Waals surface area contributed by atoms with E-state index in [1.165, 1.54) is 6.92 Å². The highest BCUT2D eigenvalue weighted by Crippen LogP contribution is 2.19. The Morgan fingerprint density at radius 2 is 1.55 bits per heavy atom. The molecule has 0 bridgehead atoms. The molecule has 0 saturated heterocycles. The molecule has 0 unspecified atom stereocenters. The van der Waals surface area contributed by atoms with Crippen LogP contribution in [0.2, 0.25) is 0 Å². The monoisotopic (exact) mass is 460 g/mol. The van der Waals surface area contributed by atoms with E-state index in [0.717, 1.165) is 5.56 Å². The van der Waals surface area contributed by atoms with Crippen molar-refractivity contribution >= 4 is 18.0 Å². The van der Waals surface area contributed by atoms with Crippen LogP contribution >= 0.6 is 0 Å². The zero-order valence-electron chi connectivity index (χ0n) is 16.8. The van der Waals surface area contributed by atoms with Crippen molar-refractivity contribution in [2.24, 2.45) is 5.73 Å². The number of carbonyl (C=O) groups is 3. The molecule has 0 aliphatic rings. The number of amides is 2. The highest BCUT2D eigenvalue weighted by Gasteiger charge is 2.40. The molecule has 0 radical (unpaired) electrons. The van der Waals surface area contributed by atoms with Crippen molar-refractivity contribution in [2.75, 3.05) is 6.61 Å².